The van der Waals surface area contributed by atoms with Crippen LogP contribution in [0.25, 0.3) is 0 Å². The minimum absolute atomic E-state index is 0.338. The Morgan fingerprint density at radius 2 is 2.08 bits per heavy atom. The highest BCUT2D eigenvalue weighted by Crippen LogP contribution is 2.33. The largest absolute Gasteiger partial charge is 0.454 e. The van der Waals surface area contributed by atoms with Crippen molar-refractivity contribution in [1.82, 2.24) is 0 Å². The van der Waals surface area contributed by atoms with E-state index in [-0.39, 0.29) is 0 Å². The number of rotatable bonds is 1. The number of benzene rings is 1. The number of fused-ring (bicyclic) bond motifs is 1. The molecule has 0 aliphatic carbocycles. The lowest BCUT2D eigenvalue weighted by Gasteiger charge is -2.04. The molecule has 0 saturated carbocycles. The van der Waals surface area contributed by atoms with E-state index in [2.05, 4.69) is 19.9 Å². The summed E-state index contributed by atoms with van der Waals surface area (Å²) in [6.07, 6.45) is 0. The van der Waals surface area contributed by atoms with Crippen LogP contribution in [0, 0.1) is 6.07 Å². The summed E-state index contributed by atoms with van der Waals surface area (Å²) in [5.41, 5.74) is 1.17. The zero-order valence-corrected chi connectivity index (χ0v) is 7.26. The van der Waals surface area contributed by atoms with Gasteiger partial charge in [-0.2, -0.15) is 0 Å². The van der Waals surface area contributed by atoms with Crippen LogP contribution >= 0.6 is 0 Å². The highest BCUT2D eigenvalue weighted by atomic mass is 16.7. The normalized spacial score (nSPS) is 13.9. The molecule has 12 heavy (non-hydrogen) atoms. The number of hydrogen-bond donors (Lipinski definition) is 0. The van der Waals surface area contributed by atoms with Crippen LogP contribution in [0.3, 0.4) is 0 Å². The summed E-state index contributed by atoms with van der Waals surface area (Å²) in [5, 5.41) is 0. The lowest BCUT2D eigenvalue weighted by atomic mass is 10.0. The fraction of sp³-hybridized carbons (Fsp3) is 0.400. The van der Waals surface area contributed by atoms with E-state index in [1.165, 1.54) is 5.56 Å². The van der Waals surface area contributed by atoms with Gasteiger partial charge >= 0.3 is 0 Å². The van der Waals surface area contributed by atoms with Crippen LogP contribution in [0.2, 0.25) is 0 Å². The van der Waals surface area contributed by atoms with Crippen LogP contribution in [0.15, 0.2) is 12.1 Å². The van der Waals surface area contributed by atoms with E-state index in [0.29, 0.717) is 12.7 Å². The molecule has 0 amide bonds. The molecule has 1 radical (unpaired) electrons. The van der Waals surface area contributed by atoms with E-state index in [0.717, 1.165) is 11.5 Å². The van der Waals surface area contributed by atoms with Gasteiger partial charge in [0.05, 0.1) is 0 Å². The lowest BCUT2D eigenvalue weighted by Crippen LogP contribution is -1.93. The Hall–Kier alpha value is -1.18. The second kappa shape index (κ2) is 2.70. The van der Waals surface area contributed by atoms with Crippen molar-refractivity contribution >= 4 is 0 Å². The average molecular weight is 163 g/mol. The topological polar surface area (TPSA) is 18.5 Å². The van der Waals surface area contributed by atoms with Gasteiger partial charge in [0.2, 0.25) is 6.79 Å². The molecule has 1 aliphatic heterocycles. The van der Waals surface area contributed by atoms with Gasteiger partial charge in [-0.25, -0.2) is 0 Å². The third-order valence-electron chi connectivity index (χ3n) is 1.95. The molecule has 0 spiro atoms. The lowest BCUT2D eigenvalue weighted by molar-refractivity contribution is 0.174. The van der Waals surface area contributed by atoms with Gasteiger partial charge in [0.25, 0.3) is 0 Å². The van der Waals surface area contributed by atoms with Crippen molar-refractivity contribution in [3.05, 3.63) is 23.8 Å². The van der Waals surface area contributed by atoms with Gasteiger partial charge in [0.15, 0.2) is 11.5 Å². The van der Waals surface area contributed by atoms with Gasteiger partial charge in [-0.3, -0.25) is 0 Å². The van der Waals surface area contributed by atoms with Gasteiger partial charge in [-0.15, -0.1) is 0 Å². The Morgan fingerprint density at radius 3 is 2.83 bits per heavy atom. The average Bonchev–Trinajstić information content (AvgIpc) is 2.49. The first-order valence-electron chi connectivity index (χ1n) is 4.08. The van der Waals surface area contributed by atoms with Crippen molar-refractivity contribution in [1.29, 1.82) is 0 Å². The van der Waals surface area contributed by atoms with Gasteiger partial charge in [-0.1, -0.05) is 13.8 Å². The fourth-order valence-corrected chi connectivity index (χ4v) is 1.19. The molecule has 0 aromatic heterocycles. The van der Waals surface area contributed by atoms with Gasteiger partial charge < -0.3 is 9.47 Å². The minimum Gasteiger partial charge on any atom is -0.454 e. The van der Waals surface area contributed by atoms with E-state index in [1.54, 1.807) is 0 Å². The molecular formula is C10H11O2. The maximum absolute atomic E-state index is 5.25. The summed E-state index contributed by atoms with van der Waals surface area (Å²) in [6, 6.07) is 7.00. The summed E-state index contributed by atoms with van der Waals surface area (Å²) >= 11 is 0. The summed E-state index contributed by atoms with van der Waals surface area (Å²) < 4.78 is 10.4. The third-order valence-corrected chi connectivity index (χ3v) is 1.95. The molecule has 2 nitrogen and oxygen atoms in total. The first-order chi connectivity index (χ1) is 5.77. The second-order valence-electron chi connectivity index (χ2n) is 3.18. The van der Waals surface area contributed by atoms with Crippen molar-refractivity contribution in [2.75, 3.05) is 6.79 Å². The van der Waals surface area contributed by atoms with Crippen molar-refractivity contribution in [2.45, 2.75) is 19.8 Å². The molecule has 2 heteroatoms. The smallest absolute Gasteiger partial charge is 0.231 e. The van der Waals surface area contributed by atoms with Crippen molar-refractivity contribution in [3.63, 3.8) is 0 Å². The molecular weight excluding hydrogens is 152 g/mol. The first kappa shape index (κ1) is 7.47. The van der Waals surface area contributed by atoms with Crippen molar-refractivity contribution in [3.8, 4) is 11.5 Å². The maximum Gasteiger partial charge on any atom is 0.231 e. The predicted octanol–water partition coefficient (Wildman–Crippen LogP) is 2.34. The highest BCUT2D eigenvalue weighted by molar-refractivity contribution is 5.44. The van der Waals surface area contributed by atoms with Gasteiger partial charge in [-0.05, 0) is 29.7 Å². The van der Waals surface area contributed by atoms with E-state index in [4.69, 9.17) is 9.47 Å². The first-order valence-corrected chi connectivity index (χ1v) is 4.08. The van der Waals surface area contributed by atoms with Gasteiger partial charge in [0.1, 0.15) is 0 Å². The molecule has 0 bridgehead atoms. The Morgan fingerprint density at radius 1 is 1.33 bits per heavy atom. The maximum atomic E-state index is 5.25. The zero-order valence-electron chi connectivity index (χ0n) is 7.26. The van der Waals surface area contributed by atoms with Crippen LogP contribution in [-0.4, -0.2) is 6.79 Å². The fourth-order valence-electron chi connectivity index (χ4n) is 1.19. The molecule has 0 saturated heterocycles. The van der Waals surface area contributed by atoms with Crippen molar-refractivity contribution in [2.24, 2.45) is 0 Å². The van der Waals surface area contributed by atoms with Crippen LogP contribution in [0.4, 0.5) is 0 Å². The van der Waals surface area contributed by atoms with E-state index >= 15 is 0 Å². The molecule has 0 N–H and O–H groups in total. The van der Waals surface area contributed by atoms with E-state index in [9.17, 15) is 0 Å². The molecule has 0 unspecified atom stereocenters. The Balaban J connectivity index is 2.39. The van der Waals surface area contributed by atoms with Crippen LogP contribution in [-0.2, 0) is 0 Å². The Kier molecular flexibility index (Phi) is 1.68. The number of ether oxygens (including phenoxy) is 2. The molecule has 63 valence electrons. The molecule has 1 aliphatic rings. The quantitative estimate of drug-likeness (QED) is 0.632. The van der Waals surface area contributed by atoms with Crippen LogP contribution < -0.4 is 9.47 Å². The van der Waals surface area contributed by atoms with E-state index < -0.39 is 0 Å². The molecule has 1 aromatic rings. The standard InChI is InChI=1S/C10H11O2/c1-7(2)8-3-4-9-10(5-8)12-6-11-9/h4-5,7H,6H2,1-2H3. The summed E-state index contributed by atoms with van der Waals surface area (Å²) in [5.74, 6) is 2.14. The molecule has 0 atom stereocenters. The third kappa shape index (κ3) is 1.13. The monoisotopic (exact) mass is 163 g/mol. The Labute approximate surface area is 72.1 Å². The van der Waals surface area contributed by atoms with Gasteiger partial charge in [0, 0.05) is 0 Å². The summed E-state index contributed by atoms with van der Waals surface area (Å²) in [4.78, 5) is 0. The molecule has 1 heterocycles. The highest BCUT2D eigenvalue weighted by Gasteiger charge is 2.13. The van der Waals surface area contributed by atoms with Crippen LogP contribution in [0.1, 0.15) is 25.3 Å². The zero-order chi connectivity index (χ0) is 8.55. The SMILES string of the molecule is CC(C)c1[c]cc2c(c1)OCO2. The Bertz CT molecular complexity index is 292. The van der Waals surface area contributed by atoms with E-state index in [1.807, 2.05) is 12.1 Å². The number of hydrogen-bond acceptors (Lipinski definition) is 2. The summed E-state index contributed by atoms with van der Waals surface area (Å²) in [7, 11) is 0. The molecule has 0 fully saturated rings. The predicted molar refractivity (Wildman–Crippen MR) is 45.5 cm³/mol. The second-order valence-corrected chi connectivity index (χ2v) is 3.18. The molecule has 1 aromatic carbocycles. The summed E-state index contributed by atoms with van der Waals surface area (Å²) in [6.45, 7) is 4.60. The van der Waals surface area contributed by atoms with Crippen molar-refractivity contribution < 1.29 is 9.47 Å². The molecule has 2 rings (SSSR count). The minimum atomic E-state index is 0.338. The van der Waals surface area contributed by atoms with Crippen LogP contribution in [0.5, 0.6) is 11.5 Å².